The van der Waals surface area contributed by atoms with Crippen LogP contribution in [0.25, 0.3) is 0 Å². The molecule has 0 aliphatic rings. The lowest BCUT2D eigenvalue weighted by atomic mass is 10.2. The molecule has 0 aliphatic heterocycles. The monoisotopic (exact) mass is 317 g/mol. The molecule has 1 amide bonds. The van der Waals surface area contributed by atoms with E-state index in [2.05, 4.69) is 27.9 Å². The van der Waals surface area contributed by atoms with Crippen molar-refractivity contribution in [1.82, 2.24) is 5.32 Å². The first-order valence-electron chi connectivity index (χ1n) is 4.72. The van der Waals surface area contributed by atoms with Gasteiger partial charge in [-0.25, -0.2) is 0 Å². The maximum atomic E-state index is 11.6. The molecule has 1 aromatic carbocycles. The number of halogens is 1. The van der Waals surface area contributed by atoms with Gasteiger partial charge in [0.25, 0.3) is 5.91 Å². The van der Waals surface area contributed by atoms with Crippen LogP contribution in [0.3, 0.4) is 0 Å². The van der Waals surface area contributed by atoms with E-state index in [1.807, 2.05) is 18.2 Å². The van der Waals surface area contributed by atoms with Crippen molar-refractivity contribution in [3.8, 4) is 0 Å². The summed E-state index contributed by atoms with van der Waals surface area (Å²) in [5.74, 6) is -0.0779. The van der Waals surface area contributed by atoms with Crippen molar-refractivity contribution in [2.24, 2.45) is 0 Å². The molecule has 1 aromatic rings. The molecule has 0 heterocycles. The Morgan fingerprint density at radius 3 is 2.80 bits per heavy atom. The van der Waals surface area contributed by atoms with Gasteiger partial charge >= 0.3 is 0 Å². The molecule has 1 rings (SSSR count). The standard InChI is InChI=1S/C11H12INO2/c12-10-6-2-1-5-9(10)11(15)13-7-3-4-8-14/h1-2,5-6,8H,3-4,7H2,(H,13,15). The molecule has 3 nitrogen and oxygen atoms in total. The number of carbonyl (C=O) groups is 2. The number of amides is 1. The highest BCUT2D eigenvalue weighted by Crippen LogP contribution is 2.10. The van der Waals surface area contributed by atoms with Gasteiger partial charge in [-0.3, -0.25) is 4.79 Å². The average molecular weight is 317 g/mol. The summed E-state index contributed by atoms with van der Waals surface area (Å²) in [4.78, 5) is 21.7. The van der Waals surface area contributed by atoms with Crippen molar-refractivity contribution in [2.45, 2.75) is 12.8 Å². The molecule has 0 saturated heterocycles. The van der Waals surface area contributed by atoms with Gasteiger partial charge in [-0.2, -0.15) is 0 Å². The van der Waals surface area contributed by atoms with Crippen LogP contribution in [0.1, 0.15) is 23.2 Å². The molecule has 80 valence electrons. The summed E-state index contributed by atoms with van der Waals surface area (Å²) in [5.41, 5.74) is 0.684. The molecule has 1 N–H and O–H groups in total. The molecule has 0 aliphatic carbocycles. The van der Waals surface area contributed by atoms with Crippen LogP contribution < -0.4 is 5.32 Å². The number of benzene rings is 1. The average Bonchev–Trinajstić information content (AvgIpc) is 2.25. The van der Waals surface area contributed by atoms with Crippen LogP contribution in [-0.4, -0.2) is 18.7 Å². The van der Waals surface area contributed by atoms with Crippen molar-refractivity contribution in [2.75, 3.05) is 6.54 Å². The molecule has 0 atom stereocenters. The van der Waals surface area contributed by atoms with E-state index in [9.17, 15) is 9.59 Å². The minimum Gasteiger partial charge on any atom is -0.352 e. The molecule has 4 heteroatoms. The third-order valence-corrected chi connectivity index (χ3v) is 2.84. The number of hydrogen-bond donors (Lipinski definition) is 1. The highest BCUT2D eigenvalue weighted by Gasteiger charge is 2.07. The minimum absolute atomic E-state index is 0.0779. The third-order valence-electron chi connectivity index (χ3n) is 1.90. The molecule has 0 aromatic heterocycles. The van der Waals surface area contributed by atoms with Crippen molar-refractivity contribution in [3.63, 3.8) is 0 Å². The van der Waals surface area contributed by atoms with Crippen LogP contribution >= 0.6 is 22.6 Å². The van der Waals surface area contributed by atoms with Gasteiger partial charge in [-0.05, 0) is 41.1 Å². The molecule has 15 heavy (non-hydrogen) atoms. The van der Waals surface area contributed by atoms with E-state index < -0.39 is 0 Å². The van der Waals surface area contributed by atoms with Crippen molar-refractivity contribution in [3.05, 3.63) is 33.4 Å². The topological polar surface area (TPSA) is 46.2 Å². The number of aldehydes is 1. The Hall–Kier alpha value is -0.910. The summed E-state index contributed by atoms with van der Waals surface area (Å²) < 4.78 is 0.933. The zero-order chi connectivity index (χ0) is 11.1. The van der Waals surface area contributed by atoms with Crippen molar-refractivity contribution < 1.29 is 9.59 Å². The van der Waals surface area contributed by atoms with Gasteiger partial charge in [0, 0.05) is 16.5 Å². The lowest BCUT2D eigenvalue weighted by Crippen LogP contribution is -2.25. The molecule has 0 unspecified atom stereocenters. The van der Waals surface area contributed by atoms with E-state index in [0.717, 1.165) is 9.86 Å². The van der Waals surface area contributed by atoms with Crippen LogP contribution in [0.2, 0.25) is 0 Å². The fourth-order valence-electron chi connectivity index (χ4n) is 1.13. The predicted octanol–water partition coefficient (Wildman–Crippen LogP) is 2.00. The summed E-state index contributed by atoms with van der Waals surface area (Å²) >= 11 is 2.13. The molecule has 0 bridgehead atoms. The molecule has 0 radical (unpaired) electrons. The fraction of sp³-hybridized carbons (Fsp3) is 0.273. The van der Waals surface area contributed by atoms with Crippen LogP contribution in [0.4, 0.5) is 0 Å². The van der Waals surface area contributed by atoms with Gasteiger partial charge < -0.3 is 10.1 Å². The van der Waals surface area contributed by atoms with Gasteiger partial charge in [0.1, 0.15) is 6.29 Å². The molecular weight excluding hydrogens is 305 g/mol. The SMILES string of the molecule is O=CCCCNC(=O)c1ccccc1I. The van der Waals surface area contributed by atoms with Crippen LogP contribution in [0.5, 0.6) is 0 Å². The second kappa shape index (κ2) is 6.55. The smallest absolute Gasteiger partial charge is 0.252 e. The van der Waals surface area contributed by atoms with Crippen molar-refractivity contribution in [1.29, 1.82) is 0 Å². The van der Waals surface area contributed by atoms with E-state index in [0.29, 0.717) is 24.9 Å². The first-order chi connectivity index (χ1) is 7.25. The maximum absolute atomic E-state index is 11.6. The second-order valence-electron chi connectivity index (χ2n) is 3.04. The third kappa shape index (κ3) is 3.99. The Labute approximate surface area is 102 Å². The first-order valence-corrected chi connectivity index (χ1v) is 5.80. The van der Waals surface area contributed by atoms with Gasteiger partial charge in [0.15, 0.2) is 0 Å². The number of unbranched alkanes of at least 4 members (excludes halogenated alkanes) is 1. The Kier molecular flexibility index (Phi) is 5.31. The van der Waals surface area contributed by atoms with Crippen LogP contribution in [0.15, 0.2) is 24.3 Å². The van der Waals surface area contributed by atoms with Gasteiger partial charge in [-0.1, -0.05) is 12.1 Å². The van der Waals surface area contributed by atoms with Crippen LogP contribution in [0, 0.1) is 3.57 Å². The molecular formula is C11H12INO2. The summed E-state index contributed by atoms with van der Waals surface area (Å²) in [7, 11) is 0. The number of carbonyl (C=O) groups excluding carboxylic acids is 2. The van der Waals surface area contributed by atoms with E-state index in [-0.39, 0.29) is 5.91 Å². The zero-order valence-corrected chi connectivity index (χ0v) is 10.4. The fourth-order valence-corrected chi connectivity index (χ4v) is 1.76. The quantitative estimate of drug-likeness (QED) is 0.513. The van der Waals surface area contributed by atoms with E-state index in [1.165, 1.54) is 0 Å². The van der Waals surface area contributed by atoms with Crippen molar-refractivity contribution >= 4 is 34.8 Å². The molecule has 0 fully saturated rings. The summed E-state index contributed by atoms with van der Waals surface area (Å²) in [6, 6.07) is 7.41. The Balaban J connectivity index is 2.47. The number of nitrogens with one attached hydrogen (secondary N) is 1. The van der Waals surface area contributed by atoms with E-state index in [4.69, 9.17) is 0 Å². The zero-order valence-electron chi connectivity index (χ0n) is 8.20. The first kappa shape index (κ1) is 12.2. The van der Waals surface area contributed by atoms with Gasteiger partial charge in [0.05, 0.1) is 5.56 Å². The predicted molar refractivity (Wildman–Crippen MR) is 66.8 cm³/mol. The minimum atomic E-state index is -0.0779. The second-order valence-corrected chi connectivity index (χ2v) is 4.21. The largest absolute Gasteiger partial charge is 0.352 e. The summed E-state index contributed by atoms with van der Waals surface area (Å²) in [6.45, 7) is 0.544. The normalized spacial score (nSPS) is 9.67. The Morgan fingerprint density at radius 1 is 1.40 bits per heavy atom. The maximum Gasteiger partial charge on any atom is 0.252 e. The molecule has 0 saturated carbocycles. The molecule has 0 spiro atoms. The number of rotatable bonds is 5. The number of hydrogen-bond acceptors (Lipinski definition) is 2. The lowest BCUT2D eigenvalue weighted by Gasteiger charge is -2.05. The van der Waals surface area contributed by atoms with E-state index in [1.54, 1.807) is 6.07 Å². The van der Waals surface area contributed by atoms with Gasteiger partial charge in [0.2, 0.25) is 0 Å². The van der Waals surface area contributed by atoms with E-state index >= 15 is 0 Å². The lowest BCUT2D eigenvalue weighted by molar-refractivity contribution is -0.107. The highest BCUT2D eigenvalue weighted by atomic mass is 127. The summed E-state index contributed by atoms with van der Waals surface area (Å²) in [5, 5.41) is 2.77. The van der Waals surface area contributed by atoms with Crippen LogP contribution in [-0.2, 0) is 4.79 Å². The summed E-state index contributed by atoms with van der Waals surface area (Å²) in [6.07, 6.45) is 2.04. The Bertz CT molecular complexity index is 352. The Morgan fingerprint density at radius 2 is 2.13 bits per heavy atom. The van der Waals surface area contributed by atoms with Gasteiger partial charge in [-0.15, -0.1) is 0 Å². The highest BCUT2D eigenvalue weighted by molar-refractivity contribution is 14.1.